The lowest BCUT2D eigenvalue weighted by Gasteiger charge is -2.25. The van der Waals surface area contributed by atoms with E-state index in [1.54, 1.807) is 0 Å². The molecule has 1 N–H and O–H groups in total. The smallest absolute Gasteiger partial charge is 0.0600 e. The molecule has 0 bridgehead atoms. The number of hydrogen-bond donors (Lipinski definition) is 1. The Bertz CT molecular complexity index is 179. The molecule has 94 valence electrons. The zero-order valence-corrected chi connectivity index (χ0v) is 10.6. The Hall–Kier alpha value is -0.380. The van der Waals surface area contributed by atoms with Gasteiger partial charge in [-0.15, -0.1) is 6.58 Å². The van der Waals surface area contributed by atoms with Gasteiger partial charge in [-0.25, -0.2) is 0 Å². The average molecular weight is 226 g/mol. The summed E-state index contributed by atoms with van der Waals surface area (Å²) in [6, 6.07) is 0. The number of nitrogens with one attached hydrogen (secondary N) is 1. The third-order valence-corrected chi connectivity index (χ3v) is 2.97. The fourth-order valence-electron chi connectivity index (χ4n) is 2.10. The first-order valence-corrected chi connectivity index (χ1v) is 6.52. The average Bonchev–Trinajstić information content (AvgIpc) is 2.31. The zero-order chi connectivity index (χ0) is 11.6. The number of piperidine rings is 1. The molecule has 0 unspecified atom stereocenters. The monoisotopic (exact) mass is 226 g/mol. The molecule has 0 aromatic heterocycles. The Morgan fingerprint density at radius 1 is 1.38 bits per heavy atom. The van der Waals surface area contributed by atoms with E-state index in [2.05, 4.69) is 23.7 Å². The molecular weight excluding hydrogens is 200 g/mol. The summed E-state index contributed by atoms with van der Waals surface area (Å²) in [7, 11) is 0. The molecule has 1 aliphatic rings. The molecule has 1 fully saturated rings. The van der Waals surface area contributed by atoms with Crippen molar-refractivity contribution in [2.75, 3.05) is 39.3 Å². The third kappa shape index (κ3) is 5.64. The fraction of sp³-hybridized carbons (Fsp3) is 0.846. The quantitative estimate of drug-likeness (QED) is 0.637. The molecule has 0 aliphatic carbocycles. The van der Waals surface area contributed by atoms with Crippen LogP contribution in [0.1, 0.15) is 26.2 Å². The molecule has 0 atom stereocenters. The van der Waals surface area contributed by atoms with E-state index in [1.165, 1.54) is 6.42 Å². The number of nitrogens with zero attached hydrogens (tertiary/aromatic N) is 1. The molecule has 0 aromatic carbocycles. The van der Waals surface area contributed by atoms with Crippen LogP contribution in [0.2, 0.25) is 0 Å². The summed E-state index contributed by atoms with van der Waals surface area (Å²) >= 11 is 0. The van der Waals surface area contributed by atoms with Crippen molar-refractivity contribution >= 4 is 0 Å². The van der Waals surface area contributed by atoms with Crippen LogP contribution in [0.3, 0.4) is 0 Å². The Morgan fingerprint density at radius 3 is 2.75 bits per heavy atom. The molecule has 0 aromatic rings. The molecule has 3 nitrogen and oxygen atoms in total. The molecular formula is C13H26N2O. The highest BCUT2D eigenvalue weighted by molar-refractivity contribution is 4.73. The Morgan fingerprint density at radius 2 is 2.12 bits per heavy atom. The van der Waals surface area contributed by atoms with Crippen LogP contribution in [-0.2, 0) is 4.74 Å². The molecule has 3 heteroatoms. The minimum atomic E-state index is 0.480. The SMILES string of the molecule is C=CCN(CCC)CCOC1CCNCC1. The zero-order valence-electron chi connectivity index (χ0n) is 10.6. The van der Waals surface area contributed by atoms with Crippen molar-refractivity contribution in [2.24, 2.45) is 0 Å². The summed E-state index contributed by atoms with van der Waals surface area (Å²) < 4.78 is 5.89. The molecule has 1 heterocycles. The van der Waals surface area contributed by atoms with Gasteiger partial charge in [0.2, 0.25) is 0 Å². The molecule has 0 spiro atoms. The van der Waals surface area contributed by atoms with Crippen LogP contribution in [-0.4, -0.2) is 50.3 Å². The summed E-state index contributed by atoms with van der Waals surface area (Å²) in [5.41, 5.74) is 0. The Kier molecular flexibility index (Phi) is 7.47. The maximum atomic E-state index is 5.89. The van der Waals surface area contributed by atoms with Crippen molar-refractivity contribution in [2.45, 2.75) is 32.3 Å². The van der Waals surface area contributed by atoms with Crippen molar-refractivity contribution in [1.29, 1.82) is 0 Å². The minimum Gasteiger partial charge on any atom is -0.377 e. The molecule has 0 radical (unpaired) electrons. The van der Waals surface area contributed by atoms with Crippen LogP contribution < -0.4 is 5.32 Å². The second kappa shape index (κ2) is 8.74. The highest BCUT2D eigenvalue weighted by atomic mass is 16.5. The van der Waals surface area contributed by atoms with E-state index in [4.69, 9.17) is 4.74 Å². The van der Waals surface area contributed by atoms with E-state index >= 15 is 0 Å². The third-order valence-electron chi connectivity index (χ3n) is 2.97. The molecule has 1 aliphatic heterocycles. The van der Waals surface area contributed by atoms with Gasteiger partial charge in [-0.1, -0.05) is 13.0 Å². The van der Waals surface area contributed by atoms with Crippen molar-refractivity contribution in [3.63, 3.8) is 0 Å². The van der Waals surface area contributed by atoms with Crippen LogP contribution >= 0.6 is 0 Å². The predicted molar refractivity (Wildman–Crippen MR) is 68.8 cm³/mol. The molecule has 16 heavy (non-hydrogen) atoms. The van der Waals surface area contributed by atoms with Gasteiger partial charge in [0.05, 0.1) is 12.7 Å². The summed E-state index contributed by atoms with van der Waals surface area (Å²) in [6.45, 7) is 12.2. The van der Waals surface area contributed by atoms with Crippen LogP contribution in [0.4, 0.5) is 0 Å². The van der Waals surface area contributed by atoms with Gasteiger partial charge in [-0.3, -0.25) is 4.90 Å². The van der Waals surface area contributed by atoms with E-state index < -0.39 is 0 Å². The molecule has 0 amide bonds. The summed E-state index contributed by atoms with van der Waals surface area (Å²) in [5, 5.41) is 3.35. The number of rotatable bonds is 8. The van der Waals surface area contributed by atoms with Crippen LogP contribution in [0.25, 0.3) is 0 Å². The first kappa shape index (κ1) is 13.7. The van der Waals surface area contributed by atoms with Gasteiger partial charge in [0.1, 0.15) is 0 Å². The lowest BCUT2D eigenvalue weighted by atomic mass is 10.1. The highest BCUT2D eigenvalue weighted by Crippen LogP contribution is 2.07. The second-order valence-corrected chi connectivity index (χ2v) is 4.41. The van der Waals surface area contributed by atoms with Gasteiger partial charge in [0, 0.05) is 13.1 Å². The Balaban J connectivity index is 2.08. The van der Waals surface area contributed by atoms with Crippen LogP contribution in [0.5, 0.6) is 0 Å². The normalized spacial score (nSPS) is 17.9. The van der Waals surface area contributed by atoms with Gasteiger partial charge in [0.25, 0.3) is 0 Å². The standard InChI is InChI=1S/C13H26N2O/c1-3-9-15(10-4-2)11-12-16-13-5-7-14-8-6-13/h3,13-14H,1,4-12H2,2H3. The van der Waals surface area contributed by atoms with Gasteiger partial charge < -0.3 is 10.1 Å². The van der Waals surface area contributed by atoms with E-state index in [9.17, 15) is 0 Å². The van der Waals surface area contributed by atoms with Crippen LogP contribution in [0.15, 0.2) is 12.7 Å². The largest absolute Gasteiger partial charge is 0.377 e. The van der Waals surface area contributed by atoms with Crippen molar-refractivity contribution in [3.05, 3.63) is 12.7 Å². The summed E-state index contributed by atoms with van der Waals surface area (Å²) in [4.78, 5) is 2.40. The fourth-order valence-corrected chi connectivity index (χ4v) is 2.10. The first-order valence-electron chi connectivity index (χ1n) is 6.52. The topological polar surface area (TPSA) is 24.5 Å². The van der Waals surface area contributed by atoms with E-state index in [1.807, 2.05) is 6.08 Å². The second-order valence-electron chi connectivity index (χ2n) is 4.41. The van der Waals surface area contributed by atoms with Gasteiger partial charge >= 0.3 is 0 Å². The van der Waals surface area contributed by atoms with E-state index in [0.717, 1.165) is 52.2 Å². The molecule has 1 saturated heterocycles. The van der Waals surface area contributed by atoms with Crippen molar-refractivity contribution in [3.8, 4) is 0 Å². The van der Waals surface area contributed by atoms with Gasteiger partial charge in [-0.2, -0.15) is 0 Å². The van der Waals surface area contributed by atoms with E-state index in [-0.39, 0.29) is 0 Å². The first-order chi connectivity index (χ1) is 7.86. The lowest BCUT2D eigenvalue weighted by molar-refractivity contribution is 0.0215. The highest BCUT2D eigenvalue weighted by Gasteiger charge is 2.13. The number of ether oxygens (including phenoxy) is 1. The minimum absolute atomic E-state index is 0.480. The molecule has 1 rings (SSSR count). The maximum absolute atomic E-state index is 5.89. The summed E-state index contributed by atoms with van der Waals surface area (Å²) in [6.07, 6.45) is 5.97. The van der Waals surface area contributed by atoms with Gasteiger partial charge in [0.15, 0.2) is 0 Å². The van der Waals surface area contributed by atoms with Gasteiger partial charge in [-0.05, 0) is 38.9 Å². The van der Waals surface area contributed by atoms with Crippen LogP contribution in [0, 0.1) is 0 Å². The summed E-state index contributed by atoms with van der Waals surface area (Å²) in [5.74, 6) is 0. The van der Waals surface area contributed by atoms with Crippen molar-refractivity contribution < 1.29 is 4.74 Å². The number of hydrogen-bond acceptors (Lipinski definition) is 3. The Labute approximate surface area is 99.8 Å². The van der Waals surface area contributed by atoms with E-state index in [0.29, 0.717) is 6.10 Å². The lowest BCUT2D eigenvalue weighted by Crippen LogP contribution is -2.35. The van der Waals surface area contributed by atoms with Crippen molar-refractivity contribution in [1.82, 2.24) is 10.2 Å². The predicted octanol–water partition coefficient (Wildman–Crippen LogP) is 1.65. The molecule has 0 saturated carbocycles. The maximum Gasteiger partial charge on any atom is 0.0600 e.